The van der Waals surface area contributed by atoms with Crippen LogP contribution in [-0.2, 0) is 29.6 Å². The molecule has 0 spiro atoms. The molecule has 1 unspecified atom stereocenters. The lowest BCUT2D eigenvalue weighted by molar-refractivity contribution is -0.129. The lowest BCUT2D eigenvalue weighted by Crippen LogP contribution is -2.47. The van der Waals surface area contributed by atoms with Crippen LogP contribution in [-0.4, -0.2) is 73.5 Å². The van der Waals surface area contributed by atoms with Crippen molar-refractivity contribution in [2.45, 2.75) is 36.9 Å². The highest BCUT2D eigenvalue weighted by Gasteiger charge is 2.51. The van der Waals surface area contributed by atoms with Gasteiger partial charge >= 0.3 is 0 Å². The van der Waals surface area contributed by atoms with Gasteiger partial charge < -0.3 is 4.42 Å². The minimum atomic E-state index is -4.01. The van der Waals surface area contributed by atoms with Gasteiger partial charge in [-0.05, 0) is 37.0 Å². The van der Waals surface area contributed by atoms with Crippen LogP contribution in [0.25, 0.3) is 21.8 Å². The number of hydroxylamine groups is 1. The molecule has 2 aliphatic rings. The fourth-order valence-corrected chi connectivity index (χ4v) is 10.6. The molecular weight excluding hydrogens is 564 g/mol. The summed E-state index contributed by atoms with van der Waals surface area (Å²) in [5.74, 6) is -0.661. The van der Waals surface area contributed by atoms with Gasteiger partial charge in [-0.2, -0.15) is 17.0 Å². The molecular formula is C25H30N4O7S3. The molecule has 5 rings (SSSR count). The van der Waals surface area contributed by atoms with Crippen LogP contribution in [0.15, 0.2) is 53.4 Å². The van der Waals surface area contributed by atoms with E-state index in [0.29, 0.717) is 23.7 Å². The molecule has 11 nitrogen and oxygen atoms in total. The van der Waals surface area contributed by atoms with Crippen molar-refractivity contribution < 1.29 is 31.3 Å². The van der Waals surface area contributed by atoms with Gasteiger partial charge in [-0.3, -0.25) is 10.0 Å². The van der Waals surface area contributed by atoms with Crippen molar-refractivity contribution in [1.29, 1.82) is 0 Å². The summed E-state index contributed by atoms with van der Waals surface area (Å²) in [7, 11) is -7.86. The molecule has 0 aliphatic carbocycles. The minimum absolute atomic E-state index is 0.0596. The Morgan fingerprint density at radius 3 is 2.38 bits per heavy atom. The van der Waals surface area contributed by atoms with Crippen LogP contribution in [0.4, 0.5) is 0 Å². The first-order valence-electron chi connectivity index (χ1n) is 12.7. The predicted molar refractivity (Wildman–Crippen MR) is 146 cm³/mol. The average Bonchev–Trinajstić information content (AvgIpc) is 3.64. The summed E-state index contributed by atoms with van der Waals surface area (Å²) >= 11 is 1.24. The molecule has 210 valence electrons. The Kier molecular flexibility index (Phi) is 7.95. The summed E-state index contributed by atoms with van der Waals surface area (Å²) in [5.41, 5.74) is 3.25. The number of rotatable bonds is 7. The molecule has 2 aliphatic heterocycles. The molecule has 14 heteroatoms. The first-order chi connectivity index (χ1) is 18.7. The molecule has 3 aromatic rings. The van der Waals surface area contributed by atoms with Crippen molar-refractivity contribution in [1.82, 2.24) is 19.1 Å². The van der Waals surface area contributed by atoms with Crippen molar-refractivity contribution in [3.05, 3.63) is 53.9 Å². The number of nitrogens with one attached hydrogen (secondary N) is 1. The van der Waals surface area contributed by atoms with Gasteiger partial charge in [0.1, 0.15) is 4.75 Å². The molecule has 2 fully saturated rings. The van der Waals surface area contributed by atoms with Gasteiger partial charge in [0.05, 0.1) is 18.4 Å². The van der Waals surface area contributed by atoms with E-state index in [0.717, 1.165) is 35.3 Å². The molecule has 2 saturated heterocycles. The van der Waals surface area contributed by atoms with Gasteiger partial charge in [0.2, 0.25) is 5.91 Å². The summed E-state index contributed by atoms with van der Waals surface area (Å²) in [6, 6.07) is 11.0. The fraction of sp³-hybridized carbons (Fsp3) is 0.440. The van der Waals surface area contributed by atoms with Gasteiger partial charge in [-0.15, -0.1) is 11.3 Å². The van der Waals surface area contributed by atoms with Gasteiger partial charge in [0.15, 0.2) is 22.0 Å². The highest BCUT2D eigenvalue weighted by atomic mass is 32.2. The maximum Gasteiger partial charge on any atom is 0.282 e. The molecule has 0 saturated carbocycles. The molecule has 1 atom stereocenters. The SMILES string of the molecule is O=C(CC1(c2ccc(-c3ccc(-c4cnco4)cc3)s2)CCN(S(=O)(=O)N2CCCCC2)CCS1(=O)=O)NO. The largest absolute Gasteiger partial charge is 0.444 e. The van der Waals surface area contributed by atoms with Crippen molar-refractivity contribution in [2.75, 3.05) is 31.9 Å². The van der Waals surface area contributed by atoms with Crippen LogP contribution >= 0.6 is 11.3 Å². The lowest BCUT2D eigenvalue weighted by atomic mass is 9.97. The molecule has 0 bridgehead atoms. The van der Waals surface area contributed by atoms with E-state index >= 15 is 0 Å². The number of carbonyl (C=O) groups excluding carboxylic acids is 1. The van der Waals surface area contributed by atoms with Gasteiger partial charge in [-0.1, -0.05) is 30.7 Å². The van der Waals surface area contributed by atoms with E-state index in [1.165, 1.54) is 26.3 Å². The second-order valence-electron chi connectivity index (χ2n) is 9.75. The highest BCUT2D eigenvalue weighted by Crippen LogP contribution is 2.45. The number of benzene rings is 1. The van der Waals surface area contributed by atoms with E-state index < -0.39 is 42.9 Å². The van der Waals surface area contributed by atoms with E-state index in [-0.39, 0.29) is 19.5 Å². The van der Waals surface area contributed by atoms with Gasteiger partial charge in [0.25, 0.3) is 10.2 Å². The zero-order chi connectivity index (χ0) is 27.7. The third kappa shape index (κ3) is 5.41. The summed E-state index contributed by atoms with van der Waals surface area (Å²) < 4.78 is 60.7. The lowest BCUT2D eigenvalue weighted by Gasteiger charge is -2.32. The van der Waals surface area contributed by atoms with E-state index in [4.69, 9.17) is 4.42 Å². The maximum absolute atomic E-state index is 13.8. The monoisotopic (exact) mass is 594 g/mol. The van der Waals surface area contributed by atoms with Crippen LogP contribution in [0.3, 0.4) is 0 Å². The second-order valence-corrected chi connectivity index (χ2v) is 15.2. The number of hydrogen-bond acceptors (Lipinski definition) is 9. The fourth-order valence-electron chi connectivity index (χ4n) is 5.24. The molecule has 0 radical (unpaired) electrons. The van der Waals surface area contributed by atoms with E-state index in [1.807, 2.05) is 24.3 Å². The Bertz CT molecular complexity index is 1510. The van der Waals surface area contributed by atoms with E-state index in [2.05, 4.69) is 4.98 Å². The molecule has 4 heterocycles. The maximum atomic E-state index is 13.8. The third-order valence-electron chi connectivity index (χ3n) is 7.45. The summed E-state index contributed by atoms with van der Waals surface area (Å²) in [6.07, 6.45) is 4.83. The van der Waals surface area contributed by atoms with Crippen LogP contribution < -0.4 is 5.48 Å². The Morgan fingerprint density at radius 1 is 1.03 bits per heavy atom. The van der Waals surface area contributed by atoms with E-state index in [9.17, 15) is 26.8 Å². The van der Waals surface area contributed by atoms with Crippen LogP contribution in [0.2, 0.25) is 0 Å². The third-order valence-corrected chi connectivity index (χ3v) is 13.4. The quantitative estimate of drug-likeness (QED) is 0.313. The summed E-state index contributed by atoms with van der Waals surface area (Å²) in [6.45, 7) is 0.571. The zero-order valence-electron chi connectivity index (χ0n) is 21.2. The standard InChI is InChI=1S/C25H30N4O7S3/c30-24(27-31)16-25(10-13-29(14-15-38(25,32)33)39(34,35)28-11-2-1-3-12-28)23-9-8-22(37-23)20-6-4-19(5-7-20)21-17-26-18-36-21/h4-9,17-18,31H,1-3,10-16H2,(H,27,30). The minimum Gasteiger partial charge on any atom is -0.444 e. The molecule has 1 amide bonds. The van der Waals surface area contributed by atoms with Gasteiger partial charge in [-0.25, -0.2) is 18.9 Å². The second kappa shape index (κ2) is 11.1. The van der Waals surface area contributed by atoms with Crippen LogP contribution in [0, 0.1) is 0 Å². The number of piperidine rings is 1. The number of aromatic nitrogens is 1. The van der Waals surface area contributed by atoms with Crippen LogP contribution in [0.5, 0.6) is 0 Å². The van der Waals surface area contributed by atoms with Crippen molar-refractivity contribution in [3.63, 3.8) is 0 Å². The Labute approximate surface area is 231 Å². The number of carbonyl (C=O) groups is 1. The number of oxazole rings is 1. The predicted octanol–water partition coefficient (Wildman–Crippen LogP) is 3.01. The average molecular weight is 595 g/mol. The topological polar surface area (TPSA) is 150 Å². The Balaban J connectivity index is 1.48. The summed E-state index contributed by atoms with van der Waals surface area (Å²) in [5, 5.41) is 9.29. The number of thiophene rings is 1. The molecule has 2 N–H and O–H groups in total. The molecule has 1 aromatic carbocycles. The molecule has 2 aromatic heterocycles. The smallest absolute Gasteiger partial charge is 0.282 e. The normalized spacial score (nSPS) is 22.8. The Morgan fingerprint density at radius 2 is 1.72 bits per heavy atom. The number of sulfone groups is 1. The van der Waals surface area contributed by atoms with Crippen molar-refractivity contribution >= 4 is 37.3 Å². The van der Waals surface area contributed by atoms with Gasteiger partial charge in [0, 0.05) is 41.5 Å². The van der Waals surface area contributed by atoms with Crippen molar-refractivity contribution in [2.24, 2.45) is 0 Å². The highest BCUT2D eigenvalue weighted by molar-refractivity contribution is 7.92. The number of amides is 1. The Hall–Kier alpha value is -2.62. The first kappa shape index (κ1) is 27.9. The number of nitrogens with zero attached hydrogens (tertiary/aromatic N) is 3. The summed E-state index contributed by atoms with van der Waals surface area (Å²) in [4.78, 5) is 17.6. The molecule has 39 heavy (non-hydrogen) atoms. The zero-order valence-corrected chi connectivity index (χ0v) is 23.6. The first-order valence-corrected chi connectivity index (χ1v) is 16.5. The number of hydrogen-bond donors (Lipinski definition) is 2. The van der Waals surface area contributed by atoms with Crippen LogP contribution in [0.1, 0.15) is 37.0 Å². The van der Waals surface area contributed by atoms with E-state index in [1.54, 1.807) is 23.8 Å². The van der Waals surface area contributed by atoms with Crippen molar-refractivity contribution in [3.8, 4) is 21.8 Å².